The van der Waals surface area contributed by atoms with E-state index in [0.717, 1.165) is 0 Å². The van der Waals surface area contributed by atoms with E-state index in [1.165, 1.54) is 0 Å². The van der Waals surface area contributed by atoms with Crippen molar-refractivity contribution in [1.82, 2.24) is 0 Å². The molecule has 0 radical (unpaired) electrons. The molecule has 4 nitrogen and oxygen atoms in total. The van der Waals surface area contributed by atoms with Crippen LogP contribution >= 0.6 is 0 Å². The molecule has 0 aromatic heterocycles. The van der Waals surface area contributed by atoms with Crippen molar-refractivity contribution in [3.8, 4) is 0 Å². The summed E-state index contributed by atoms with van der Waals surface area (Å²) in [6.07, 6.45) is 0. The molecule has 0 saturated heterocycles. The second-order valence-electron chi connectivity index (χ2n) is 5.96. The normalized spacial score (nSPS) is 13.0. The lowest BCUT2D eigenvalue weighted by atomic mass is 10.2. The molecule has 0 bridgehead atoms. The van der Waals surface area contributed by atoms with E-state index in [1.54, 1.807) is 0 Å². The van der Waals surface area contributed by atoms with Crippen LogP contribution in [0.2, 0.25) is 0 Å². The van der Waals surface area contributed by atoms with Crippen molar-refractivity contribution in [2.45, 2.75) is 47.5 Å². The van der Waals surface area contributed by atoms with Crippen LogP contribution in [-0.4, -0.2) is 37.5 Å². The van der Waals surface area contributed by atoms with E-state index >= 15 is 0 Å². The van der Waals surface area contributed by atoms with Crippen LogP contribution in [0.5, 0.6) is 0 Å². The Morgan fingerprint density at radius 1 is 0.722 bits per heavy atom. The first kappa shape index (κ1) is 17.8. The van der Waals surface area contributed by atoms with E-state index in [0.29, 0.717) is 37.6 Å². The average molecular weight is 262 g/mol. The second-order valence-corrected chi connectivity index (χ2v) is 5.96. The molecule has 0 aliphatic heterocycles. The standard InChI is InChI=1S/C14H30O4/c1-11(2)7-16-14(10-15,17-8-12(3)4)18-9-13(5)6/h11-13,15H,7-10H2,1-6H3. The fourth-order valence-electron chi connectivity index (χ4n) is 1.14. The number of ether oxygens (including phenoxy) is 3. The lowest BCUT2D eigenvalue weighted by Gasteiger charge is -2.33. The van der Waals surface area contributed by atoms with Gasteiger partial charge in [-0.15, -0.1) is 0 Å². The Bertz CT molecular complexity index is 171. The summed E-state index contributed by atoms with van der Waals surface area (Å²) in [6.45, 7) is 13.5. The minimum atomic E-state index is -1.31. The molecule has 0 atom stereocenters. The molecule has 0 aliphatic carbocycles. The molecule has 0 heterocycles. The maximum absolute atomic E-state index is 9.54. The Morgan fingerprint density at radius 2 is 1.00 bits per heavy atom. The number of hydrogen-bond donors (Lipinski definition) is 1. The second kappa shape index (κ2) is 8.86. The molecule has 0 unspecified atom stereocenters. The predicted molar refractivity (Wildman–Crippen MR) is 72.2 cm³/mol. The molecule has 0 rings (SSSR count). The monoisotopic (exact) mass is 262 g/mol. The lowest BCUT2D eigenvalue weighted by molar-refractivity contribution is -0.397. The van der Waals surface area contributed by atoms with E-state index in [-0.39, 0.29) is 6.61 Å². The first-order chi connectivity index (χ1) is 8.31. The van der Waals surface area contributed by atoms with Crippen molar-refractivity contribution in [3.05, 3.63) is 0 Å². The molecule has 4 heteroatoms. The van der Waals surface area contributed by atoms with Crippen LogP contribution in [-0.2, 0) is 14.2 Å². The van der Waals surface area contributed by atoms with E-state index in [1.807, 2.05) is 41.5 Å². The molecule has 110 valence electrons. The molecular formula is C14H30O4. The molecular weight excluding hydrogens is 232 g/mol. The van der Waals surface area contributed by atoms with Crippen molar-refractivity contribution in [2.24, 2.45) is 17.8 Å². The SMILES string of the molecule is CC(C)COC(CO)(OCC(C)C)OCC(C)C. The molecule has 0 saturated carbocycles. The van der Waals surface area contributed by atoms with Gasteiger partial charge in [0.1, 0.15) is 6.61 Å². The third-order valence-electron chi connectivity index (χ3n) is 2.10. The van der Waals surface area contributed by atoms with Gasteiger partial charge in [-0.25, -0.2) is 0 Å². The molecule has 0 amide bonds. The zero-order valence-corrected chi connectivity index (χ0v) is 12.7. The van der Waals surface area contributed by atoms with Gasteiger partial charge in [-0.2, -0.15) is 0 Å². The number of aliphatic hydroxyl groups excluding tert-OH is 1. The third kappa shape index (κ3) is 8.03. The Balaban J connectivity index is 4.49. The summed E-state index contributed by atoms with van der Waals surface area (Å²) < 4.78 is 16.9. The summed E-state index contributed by atoms with van der Waals surface area (Å²) in [7, 11) is 0. The summed E-state index contributed by atoms with van der Waals surface area (Å²) in [5, 5.41) is 9.54. The summed E-state index contributed by atoms with van der Waals surface area (Å²) >= 11 is 0. The molecule has 1 N–H and O–H groups in total. The summed E-state index contributed by atoms with van der Waals surface area (Å²) in [4.78, 5) is 0. The largest absolute Gasteiger partial charge is 0.388 e. The third-order valence-corrected chi connectivity index (χ3v) is 2.10. The van der Waals surface area contributed by atoms with Crippen molar-refractivity contribution < 1.29 is 19.3 Å². The highest BCUT2D eigenvalue weighted by molar-refractivity contribution is 4.59. The quantitative estimate of drug-likeness (QED) is 0.615. The van der Waals surface area contributed by atoms with E-state index in [9.17, 15) is 5.11 Å². The van der Waals surface area contributed by atoms with Gasteiger partial charge < -0.3 is 19.3 Å². The van der Waals surface area contributed by atoms with Crippen molar-refractivity contribution in [1.29, 1.82) is 0 Å². The number of rotatable bonds is 10. The Morgan fingerprint density at radius 3 is 1.17 bits per heavy atom. The van der Waals surface area contributed by atoms with E-state index in [4.69, 9.17) is 14.2 Å². The van der Waals surface area contributed by atoms with Crippen LogP contribution in [0.3, 0.4) is 0 Å². The van der Waals surface area contributed by atoms with Crippen LogP contribution in [0.15, 0.2) is 0 Å². The highest BCUT2D eigenvalue weighted by Gasteiger charge is 2.34. The molecule has 18 heavy (non-hydrogen) atoms. The molecule has 0 aromatic rings. The summed E-state index contributed by atoms with van der Waals surface area (Å²) in [5.74, 6) is -0.220. The van der Waals surface area contributed by atoms with Crippen LogP contribution < -0.4 is 0 Å². The zero-order valence-electron chi connectivity index (χ0n) is 12.7. The van der Waals surface area contributed by atoms with Gasteiger partial charge in [0.05, 0.1) is 19.8 Å². The minimum absolute atomic E-state index is 0.292. The van der Waals surface area contributed by atoms with E-state index in [2.05, 4.69) is 0 Å². The van der Waals surface area contributed by atoms with Gasteiger partial charge in [0.15, 0.2) is 0 Å². The van der Waals surface area contributed by atoms with Gasteiger partial charge in [0.25, 0.3) is 0 Å². The Hall–Kier alpha value is -0.160. The summed E-state index contributed by atoms with van der Waals surface area (Å²) in [5.41, 5.74) is 0. The number of aliphatic hydroxyl groups is 1. The average Bonchev–Trinajstić information content (AvgIpc) is 2.28. The highest BCUT2D eigenvalue weighted by Crippen LogP contribution is 2.19. The molecule has 0 spiro atoms. The number of hydrogen-bond acceptors (Lipinski definition) is 4. The smallest absolute Gasteiger partial charge is 0.307 e. The van der Waals surface area contributed by atoms with Crippen molar-refractivity contribution in [2.75, 3.05) is 26.4 Å². The predicted octanol–water partition coefficient (Wildman–Crippen LogP) is 2.65. The van der Waals surface area contributed by atoms with Crippen LogP contribution in [0.4, 0.5) is 0 Å². The van der Waals surface area contributed by atoms with E-state index < -0.39 is 5.97 Å². The highest BCUT2D eigenvalue weighted by atomic mass is 16.9. The molecule has 0 aliphatic rings. The van der Waals surface area contributed by atoms with Gasteiger partial charge >= 0.3 is 5.97 Å². The van der Waals surface area contributed by atoms with Gasteiger partial charge in [-0.1, -0.05) is 41.5 Å². The first-order valence-electron chi connectivity index (χ1n) is 6.84. The maximum atomic E-state index is 9.54. The van der Waals surface area contributed by atoms with Crippen LogP contribution in [0.25, 0.3) is 0 Å². The lowest BCUT2D eigenvalue weighted by Crippen LogP contribution is -2.45. The zero-order chi connectivity index (χ0) is 14.2. The first-order valence-corrected chi connectivity index (χ1v) is 6.84. The van der Waals surface area contributed by atoms with Crippen molar-refractivity contribution in [3.63, 3.8) is 0 Å². The minimum Gasteiger partial charge on any atom is -0.388 e. The van der Waals surface area contributed by atoms with Crippen LogP contribution in [0.1, 0.15) is 41.5 Å². The van der Waals surface area contributed by atoms with Gasteiger partial charge in [-0.3, -0.25) is 0 Å². The van der Waals surface area contributed by atoms with Gasteiger partial charge in [-0.05, 0) is 17.8 Å². The topological polar surface area (TPSA) is 47.9 Å². The fourth-order valence-corrected chi connectivity index (χ4v) is 1.14. The Kier molecular flexibility index (Phi) is 8.78. The Labute approximate surface area is 112 Å². The van der Waals surface area contributed by atoms with Gasteiger partial charge in [0.2, 0.25) is 0 Å². The summed E-state index contributed by atoms with van der Waals surface area (Å²) in [6, 6.07) is 0. The molecule has 0 fully saturated rings. The van der Waals surface area contributed by atoms with Gasteiger partial charge in [0, 0.05) is 0 Å². The fraction of sp³-hybridized carbons (Fsp3) is 1.00. The van der Waals surface area contributed by atoms with Crippen molar-refractivity contribution >= 4 is 0 Å². The van der Waals surface area contributed by atoms with Crippen LogP contribution in [0, 0.1) is 17.8 Å². The molecule has 0 aromatic carbocycles. The maximum Gasteiger partial charge on any atom is 0.307 e.